The van der Waals surface area contributed by atoms with Crippen LogP contribution in [0.2, 0.25) is 0 Å². The van der Waals surface area contributed by atoms with E-state index in [1.165, 1.54) is 12.8 Å². The molecule has 0 amide bonds. The first-order valence-electron chi connectivity index (χ1n) is 5.59. The van der Waals surface area contributed by atoms with Gasteiger partial charge in [-0.05, 0) is 30.3 Å². The first-order chi connectivity index (χ1) is 6.61. The lowest BCUT2D eigenvalue weighted by atomic mass is 9.70. The molecule has 0 spiro atoms. The maximum atomic E-state index is 10.1. The minimum absolute atomic E-state index is 0.0777. The quantitative estimate of drug-likeness (QED) is 0.627. The molecule has 2 heteroatoms. The van der Waals surface area contributed by atoms with Crippen LogP contribution < -0.4 is 0 Å². The summed E-state index contributed by atoms with van der Waals surface area (Å²) in [6, 6.07) is 0. The smallest absolute Gasteiger partial charge is 0.0828 e. The van der Waals surface area contributed by atoms with E-state index in [2.05, 4.69) is 6.58 Å². The number of aliphatic hydroxyl groups is 2. The standard InChI is InChI=1S/C12H20O2/c1-8-9-5-3-4-6-10(9)12(2,7-13)11(8)14/h9-11,13-14H,1,3-7H2,2H3. The molecule has 0 aromatic heterocycles. The molecule has 0 radical (unpaired) electrons. The lowest BCUT2D eigenvalue weighted by Crippen LogP contribution is -2.37. The Morgan fingerprint density at radius 1 is 1.43 bits per heavy atom. The Morgan fingerprint density at radius 3 is 2.71 bits per heavy atom. The Labute approximate surface area is 85.6 Å². The van der Waals surface area contributed by atoms with E-state index < -0.39 is 6.10 Å². The van der Waals surface area contributed by atoms with Gasteiger partial charge in [0.15, 0.2) is 0 Å². The van der Waals surface area contributed by atoms with Crippen LogP contribution in [0.1, 0.15) is 32.6 Å². The van der Waals surface area contributed by atoms with Gasteiger partial charge >= 0.3 is 0 Å². The van der Waals surface area contributed by atoms with Crippen molar-refractivity contribution < 1.29 is 10.2 Å². The van der Waals surface area contributed by atoms with Crippen LogP contribution in [-0.4, -0.2) is 22.9 Å². The zero-order valence-electron chi connectivity index (χ0n) is 8.87. The molecule has 0 aromatic rings. The largest absolute Gasteiger partial charge is 0.396 e. The van der Waals surface area contributed by atoms with Crippen molar-refractivity contribution in [3.63, 3.8) is 0 Å². The second kappa shape index (κ2) is 3.35. The van der Waals surface area contributed by atoms with Crippen LogP contribution in [0.4, 0.5) is 0 Å². The van der Waals surface area contributed by atoms with E-state index in [0.717, 1.165) is 18.4 Å². The Hall–Kier alpha value is -0.340. The Balaban J connectivity index is 2.30. The molecule has 0 aromatic carbocycles. The molecule has 4 unspecified atom stereocenters. The minimum Gasteiger partial charge on any atom is -0.396 e. The van der Waals surface area contributed by atoms with Gasteiger partial charge in [-0.15, -0.1) is 0 Å². The summed E-state index contributed by atoms with van der Waals surface area (Å²) in [5, 5.41) is 19.5. The van der Waals surface area contributed by atoms with Gasteiger partial charge in [0.2, 0.25) is 0 Å². The van der Waals surface area contributed by atoms with Gasteiger partial charge < -0.3 is 10.2 Å². The van der Waals surface area contributed by atoms with E-state index in [1.54, 1.807) is 0 Å². The summed E-state index contributed by atoms with van der Waals surface area (Å²) in [5.41, 5.74) is 0.633. The molecule has 2 nitrogen and oxygen atoms in total. The second-order valence-corrected chi connectivity index (χ2v) is 5.14. The molecule has 2 aliphatic rings. The van der Waals surface area contributed by atoms with E-state index in [4.69, 9.17) is 0 Å². The van der Waals surface area contributed by atoms with Crippen molar-refractivity contribution in [3.8, 4) is 0 Å². The maximum absolute atomic E-state index is 10.1. The van der Waals surface area contributed by atoms with Crippen molar-refractivity contribution in [1.29, 1.82) is 0 Å². The molecule has 2 aliphatic carbocycles. The predicted octanol–water partition coefficient (Wildman–Crippen LogP) is 1.72. The van der Waals surface area contributed by atoms with Crippen LogP contribution in [0.15, 0.2) is 12.2 Å². The van der Waals surface area contributed by atoms with Crippen molar-refractivity contribution in [2.24, 2.45) is 17.3 Å². The molecule has 4 atom stereocenters. The van der Waals surface area contributed by atoms with Crippen LogP contribution in [0.5, 0.6) is 0 Å². The zero-order valence-corrected chi connectivity index (χ0v) is 8.87. The van der Waals surface area contributed by atoms with E-state index in [-0.39, 0.29) is 12.0 Å². The van der Waals surface area contributed by atoms with Crippen LogP contribution in [0, 0.1) is 17.3 Å². The highest BCUT2D eigenvalue weighted by Crippen LogP contribution is 2.54. The van der Waals surface area contributed by atoms with Gasteiger partial charge in [-0.1, -0.05) is 26.3 Å². The van der Waals surface area contributed by atoms with Gasteiger partial charge in [-0.3, -0.25) is 0 Å². The van der Waals surface area contributed by atoms with Gasteiger partial charge in [0.25, 0.3) is 0 Å². The highest BCUT2D eigenvalue weighted by molar-refractivity contribution is 5.23. The van der Waals surface area contributed by atoms with E-state index in [0.29, 0.717) is 11.8 Å². The predicted molar refractivity (Wildman–Crippen MR) is 55.8 cm³/mol. The van der Waals surface area contributed by atoms with Gasteiger partial charge in [0.1, 0.15) is 0 Å². The topological polar surface area (TPSA) is 40.5 Å². The van der Waals surface area contributed by atoms with Gasteiger partial charge in [0, 0.05) is 5.41 Å². The van der Waals surface area contributed by atoms with Gasteiger partial charge in [0.05, 0.1) is 12.7 Å². The summed E-state index contributed by atoms with van der Waals surface area (Å²) in [4.78, 5) is 0. The monoisotopic (exact) mass is 196 g/mol. The van der Waals surface area contributed by atoms with Crippen molar-refractivity contribution in [2.75, 3.05) is 6.61 Å². The molecule has 2 fully saturated rings. The SMILES string of the molecule is C=C1C2CCCCC2C(C)(CO)C1O. The molecule has 2 rings (SSSR count). The maximum Gasteiger partial charge on any atom is 0.0828 e. The summed E-state index contributed by atoms with van der Waals surface area (Å²) in [7, 11) is 0. The van der Waals surface area contributed by atoms with Crippen LogP contribution >= 0.6 is 0 Å². The van der Waals surface area contributed by atoms with Crippen molar-refractivity contribution in [3.05, 3.63) is 12.2 Å². The van der Waals surface area contributed by atoms with E-state index >= 15 is 0 Å². The average Bonchev–Trinajstić information content (AvgIpc) is 2.43. The summed E-state index contributed by atoms with van der Waals surface area (Å²) in [6.45, 7) is 6.08. The molecule has 2 saturated carbocycles. The first kappa shape index (κ1) is 10.2. The van der Waals surface area contributed by atoms with Crippen LogP contribution in [0.25, 0.3) is 0 Å². The molecule has 14 heavy (non-hydrogen) atoms. The average molecular weight is 196 g/mol. The van der Waals surface area contributed by atoms with Gasteiger partial charge in [-0.25, -0.2) is 0 Å². The normalized spacial score (nSPS) is 47.9. The molecule has 80 valence electrons. The third kappa shape index (κ3) is 1.17. The highest BCUT2D eigenvalue weighted by atomic mass is 16.3. The molecule has 2 N–H and O–H groups in total. The number of rotatable bonds is 1. The third-order valence-corrected chi connectivity index (χ3v) is 4.41. The number of hydrogen-bond acceptors (Lipinski definition) is 2. The van der Waals surface area contributed by atoms with Crippen molar-refractivity contribution in [1.82, 2.24) is 0 Å². The van der Waals surface area contributed by atoms with E-state index in [9.17, 15) is 10.2 Å². The summed E-state index contributed by atoms with van der Waals surface area (Å²) in [6.07, 6.45) is 4.26. The second-order valence-electron chi connectivity index (χ2n) is 5.14. The number of aliphatic hydroxyl groups excluding tert-OH is 2. The summed E-state index contributed by atoms with van der Waals surface area (Å²) in [5.74, 6) is 0.902. The fraction of sp³-hybridized carbons (Fsp3) is 0.833. The lowest BCUT2D eigenvalue weighted by molar-refractivity contribution is -0.00837. The fourth-order valence-corrected chi connectivity index (χ4v) is 3.40. The molecule has 0 heterocycles. The molecule has 0 saturated heterocycles. The first-order valence-corrected chi connectivity index (χ1v) is 5.59. The molecule has 0 aliphatic heterocycles. The van der Waals surface area contributed by atoms with Crippen LogP contribution in [-0.2, 0) is 0 Å². The van der Waals surface area contributed by atoms with E-state index in [1.807, 2.05) is 6.92 Å². The Kier molecular flexibility index (Phi) is 2.44. The Morgan fingerprint density at radius 2 is 2.07 bits per heavy atom. The highest BCUT2D eigenvalue weighted by Gasteiger charge is 2.53. The number of fused-ring (bicyclic) bond motifs is 1. The molecular weight excluding hydrogens is 176 g/mol. The molecular formula is C12H20O2. The molecule has 0 bridgehead atoms. The van der Waals surface area contributed by atoms with Crippen molar-refractivity contribution >= 4 is 0 Å². The number of hydrogen-bond donors (Lipinski definition) is 2. The van der Waals surface area contributed by atoms with Gasteiger partial charge in [-0.2, -0.15) is 0 Å². The van der Waals surface area contributed by atoms with Crippen LogP contribution in [0.3, 0.4) is 0 Å². The summed E-state index contributed by atoms with van der Waals surface area (Å²) < 4.78 is 0. The third-order valence-electron chi connectivity index (χ3n) is 4.41. The Bertz CT molecular complexity index is 249. The summed E-state index contributed by atoms with van der Waals surface area (Å²) >= 11 is 0. The fourth-order valence-electron chi connectivity index (χ4n) is 3.40. The zero-order chi connectivity index (χ0) is 10.3. The lowest BCUT2D eigenvalue weighted by Gasteiger charge is -2.36. The minimum atomic E-state index is -0.499. The van der Waals surface area contributed by atoms with Crippen molar-refractivity contribution in [2.45, 2.75) is 38.7 Å².